The fraction of sp³-hybridized carbons (Fsp3) is 0.118. The van der Waals surface area contributed by atoms with Crippen LogP contribution < -0.4 is 11.2 Å². The van der Waals surface area contributed by atoms with Crippen LogP contribution in [0.4, 0.5) is 10.1 Å². The summed E-state index contributed by atoms with van der Waals surface area (Å²) < 4.78 is 15.1. The fourth-order valence-electron chi connectivity index (χ4n) is 2.27. The van der Waals surface area contributed by atoms with Crippen molar-refractivity contribution in [3.05, 3.63) is 54.3 Å². The molecule has 26 heavy (non-hydrogen) atoms. The molecular formula is C17H16FN5OS2. The molecule has 9 heteroatoms. The van der Waals surface area contributed by atoms with Crippen molar-refractivity contribution in [3.8, 4) is 11.4 Å². The number of carbonyl (C=O) groups is 1. The number of benzene rings is 2. The molecule has 0 aliphatic heterocycles. The van der Waals surface area contributed by atoms with Gasteiger partial charge in [-0.05, 0) is 30.5 Å². The van der Waals surface area contributed by atoms with E-state index in [1.54, 1.807) is 30.0 Å². The number of carbonyl (C=O) groups excluding carboxylic acids is 1. The van der Waals surface area contributed by atoms with Crippen LogP contribution in [0, 0.1) is 5.82 Å². The molecule has 0 saturated carbocycles. The summed E-state index contributed by atoms with van der Waals surface area (Å²) in [5.74, 6) is 5.65. The molecule has 0 fully saturated rings. The number of aromatic nitrogens is 3. The molecule has 3 rings (SSSR count). The first-order chi connectivity index (χ1) is 12.6. The standard InChI is InChI=1S/C17H16FN5OS2/c1-25-14-9-5-4-8-13(14)20-15(24)10-26-17-22-21-16(23(17)19)11-6-2-3-7-12(11)18/h2-9H,10,19H2,1H3,(H,20,24). The largest absolute Gasteiger partial charge is 0.335 e. The van der Waals surface area contributed by atoms with E-state index in [0.29, 0.717) is 5.16 Å². The Labute approximate surface area is 158 Å². The summed E-state index contributed by atoms with van der Waals surface area (Å²) in [5.41, 5.74) is 1.01. The van der Waals surface area contributed by atoms with Gasteiger partial charge in [-0.15, -0.1) is 22.0 Å². The van der Waals surface area contributed by atoms with Crippen molar-refractivity contribution in [1.29, 1.82) is 0 Å². The second kappa shape index (κ2) is 8.24. The van der Waals surface area contributed by atoms with Gasteiger partial charge in [0.05, 0.1) is 17.0 Å². The highest BCUT2D eigenvalue weighted by molar-refractivity contribution is 7.99. The molecule has 0 radical (unpaired) electrons. The van der Waals surface area contributed by atoms with Gasteiger partial charge >= 0.3 is 0 Å². The first kappa shape index (κ1) is 18.3. The maximum atomic E-state index is 13.9. The SMILES string of the molecule is CSc1ccccc1NC(=O)CSc1nnc(-c2ccccc2F)n1N. The molecule has 6 nitrogen and oxygen atoms in total. The van der Waals surface area contributed by atoms with E-state index in [-0.39, 0.29) is 23.0 Å². The van der Waals surface area contributed by atoms with Crippen molar-refractivity contribution >= 4 is 35.1 Å². The average molecular weight is 389 g/mol. The smallest absolute Gasteiger partial charge is 0.234 e. The minimum absolute atomic E-state index is 0.106. The minimum atomic E-state index is -0.436. The van der Waals surface area contributed by atoms with Gasteiger partial charge in [0.2, 0.25) is 11.1 Å². The highest BCUT2D eigenvalue weighted by atomic mass is 32.2. The summed E-state index contributed by atoms with van der Waals surface area (Å²) in [5, 5.41) is 11.1. The van der Waals surface area contributed by atoms with Crippen molar-refractivity contribution in [2.75, 3.05) is 23.2 Å². The molecule has 0 aliphatic carbocycles. The second-order valence-electron chi connectivity index (χ2n) is 5.19. The Kier molecular flexibility index (Phi) is 5.79. The Morgan fingerprint density at radius 3 is 2.69 bits per heavy atom. The molecule has 3 aromatic rings. The number of para-hydroxylation sites is 1. The molecule has 0 bridgehead atoms. The van der Waals surface area contributed by atoms with Crippen molar-refractivity contribution in [1.82, 2.24) is 14.9 Å². The lowest BCUT2D eigenvalue weighted by Crippen LogP contribution is -2.17. The Morgan fingerprint density at radius 2 is 1.92 bits per heavy atom. The lowest BCUT2D eigenvalue weighted by Gasteiger charge is -2.09. The Bertz CT molecular complexity index is 931. The van der Waals surface area contributed by atoms with Gasteiger partial charge in [-0.1, -0.05) is 36.0 Å². The van der Waals surface area contributed by atoms with Crippen LogP contribution in [0.15, 0.2) is 58.6 Å². The number of amides is 1. The van der Waals surface area contributed by atoms with Crippen LogP contribution in [0.1, 0.15) is 0 Å². The van der Waals surface area contributed by atoms with E-state index < -0.39 is 5.82 Å². The highest BCUT2D eigenvalue weighted by Crippen LogP contribution is 2.26. The first-order valence-corrected chi connectivity index (χ1v) is 9.82. The van der Waals surface area contributed by atoms with E-state index in [4.69, 9.17) is 5.84 Å². The van der Waals surface area contributed by atoms with Crippen LogP contribution in [0.3, 0.4) is 0 Å². The van der Waals surface area contributed by atoms with Crippen LogP contribution in [0.25, 0.3) is 11.4 Å². The maximum absolute atomic E-state index is 13.9. The number of thioether (sulfide) groups is 2. The van der Waals surface area contributed by atoms with Gasteiger partial charge in [0, 0.05) is 4.90 Å². The zero-order valence-corrected chi connectivity index (χ0v) is 15.5. The van der Waals surface area contributed by atoms with Crippen molar-refractivity contribution in [3.63, 3.8) is 0 Å². The molecule has 0 spiro atoms. The van der Waals surface area contributed by atoms with Gasteiger partial charge < -0.3 is 11.2 Å². The molecule has 134 valence electrons. The summed E-state index contributed by atoms with van der Waals surface area (Å²) in [6.45, 7) is 0. The topological polar surface area (TPSA) is 85.8 Å². The summed E-state index contributed by atoms with van der Waals surface area (Å²) in [6.07, 6.45) is 1.95. The Morgan fingerprint density at radius 1 is 1.19 bits per heavy atom. The van der Waals surface area contributed by atoms with E-state index in [1.807, 2.05) is 30.5 Å². The highest BCUT2D eigenvalue weighted by Gasteiger charge is 2.16. The first-order valence-electron chi connectivity index (χ1n) is 7.61. The third kappa shape index (κ3) is 4.00. The summed E-state index contributed by atoms with van der Waals surface area (Å²) in [7, 11) is 0. The average Bonchev–Trinajstić information content (AvgIpc) is 3.01. The number of nitrogens with zero attached hydrogens (tertiary/aromatic N) is 3. The predicted octanol–water partition coefficient (Wildman–Crippen LogP) is 3.25. The van der Waals surface area contributed by atoms with Crippen molar-refractivity contribution < 1.29 is 9.18 Å². The number of halogens is 1. The number of hydrogen-bond donors (Lipinski definition) is 2. The number of rotatable bonds is 6. The lowest BCUT2D eigenvalue weighted by atomic mass is 10.2. The number of anilines is 1. The lowest BCUT2D eigenvalue weighted by molar-refractivity contribution is -0.113. The molecule has 0 saturated heterocycles. The molecule has 0 aliphatic rings. The quantitative estimate of drug-likeness (QED) is 0.497. The summed E-state index contributed by atoms with van der Waals surface area (Å²) >= 11 is 2.69. The monoisotopic (exact) mass is 389 g/mol. The van der Waals surface area contributed by atoms with Gasteiger partial charge in [0.15, 0.2) is 5.82 Å². The predicted molar refractivity (Wildman–Crippen MR) is 103 cm³/mol. The van der Waals surface area contributed by atoms with E-state index in [1.165, 1.54) is 10.7 Å². The zero-order valence-electron chi connectivity index (χ0n) is 13.8. The molecule has 0 unspecified atom stereocenters. The van der Waals surface area contributed by atoms with Crippen molar-refractivity contribution in [2.24, 2.45) is 0 Å². The van der Waals surface area contributed by atoms with Gasteiger partial charge in [-0.2, -0.15) is 0 Å². The van der Waals surface area contributed by atoms with Gasteiger partial charge in [0.25, 0.3) is 0 Å². The summed E-state index contributed by atoms with van der Waals surface area (Å²) in [4.78, 5) is 13.2. The van der Waals surface area contributed by atoms with Crippen LogP contribution in [-0.4, -0.2) is 32.8 Å². The van der Waals surface area contributed by atoms with Crippen LogP contribution in [0.5, 0.6) is 0 Å². The number of nitrogens with one attached hydrogen (secondary N) is 1. The summed E-state index contributed by atoms with van der Waals surface area (Å²) in [6, 6.07) is 13.7. The number of nitrogen functional groups attached to an aromatic ring is 1. The van der Waals surface area contributed by atoms with Gasteiger partial charge in [0.1, 0.15) is 5.82 Å². The fourth-order valence-corrected chi connectivity index (χ4v) is 3.48. The minimum Gasteiger partial charge on any atom is -0.335 e. The second-order valence-corrected chi connectivity index (χ2v) is 6.98. The number of nitrogens with two attached hydrogens (primary N) is 1. The zero-order chi connectivity index (χ0) is 18.5. The van der Waals surface area contributed by atoms with E-state index in [2.05, 4.69) is 15.5 Å². The molecule has 1 amide bonds. The van der Waals surface area contributed by atoms with E-state index in [9.17, 15) is 9.18 Å². The third-order valence-corrected chi connectivity index (χ3v) is 5.23. The van der Waals surface area contributed by atoms with E-state index >= 15 is 0 Å². The molecule has 1 aromatic heterocycles. The maximum Gasteiger partial charge on any atom is 0.234 e. The normalized spacial score (nSPS) is 10.7. The third-order valence-electron chi connectivity index (χ3n) is 3.49. The van der Waals surface area contributed by atoms with Crippen LogP contribution >= 0.6 is 23.5 Å². The Hall–Kier alpha value is -2.52. The number of hydrogen-bond acceptors (Lipinski definition) is 6. The van der Waals surface area contributed by atoms with Gasteiger partial charge in [-0.25, -0.2) is 9.07 Å². The van der Waals surface area contributed by atoms with E-state index in [0.717, 1.165) is 22.3 Å². The molecule has 3 N–H and O–H groups in total. The molecule has 1 heterocycles. The molecular weight excluding hydrogens is 373 g/mol. The van der Waals surface area contributed by atoms with Crippen LogP contribution in [-0.2, 0) is 4.79 Å². The Balaban J connectivity index is 1.67. The van der Waals surface area contributed by atoms with Crippen LogP contribution in [0.2, 0.25) is 0 Å². The molecule has 2 aromatic carbocycles. The van der Waals surface area contributed by atoms with Crippen molar-refractivity contribution in [2.45, 2.75) is 10.1 Å². The molecule has 0 atom stereocenters. The van der Waals surface area contributed by atoms with Gasteiger partial charge in [-0.3, -0.25) is 4.79 Å².